The summed E-state index contributed by atoms with van der Waals surface area (Å²) in [6, 6.07) is 0. The largest absolute Gasteiger partial charge is 0.683 e. The van der Waals surface area contributed by atoms with Gasteiger partial charge >= 0.3 is 12.1 Å². The van der Waals surface area contributed by atoms with Gasteiger partial charge in [0.05, 0.1) is 18.7 Å². The van der Waals surface area contributed by atoms with Gasteiger partial charge in [-0.1, -0.05) is 18.1 Å². The van der Waals surface area contributed by atoms with E-state index in [1.165, 1.54) is 18.5 Å². The van der Waals surface area contributed by atoms with E-state index in [2.05, 4.69) is 17.1 Å². The maximum absolute atomic E-state index is 13.2. The molecule has 0 bridgehead atoms. The van der Waals surface area contributed by atoms with Gasteiger partial charge in [0.15, 0.2) is 0 Å². The van der Waals surface area contributed by atoms with Gasteiger partial charge in [-0.15, -0.1) is 9.67 Å². The van der Waals surface area contributed by atoms with Gasteiger partial charge in [-0.2, -0.15) is 19.4 Å². The minimum Gasteiger partial charge on any atom is -0.683 e. The van der Waals surface area contributed by atoms with Crippen LogP contribution in [-0.4, -0.2) is 39.7 Å². The van der Waals surface area contributed by atoms with Gasteiger partial charge in [-0.25, -0.2) is 13.9 Å². The fourth-order valence-electron chi connectivity index (χ4n) is 1.77. The van der Waals surface area contributed by atoms with Crippen molar-refractivity contribution in [2.45, 2.75) is 19.0 Å². The van der Waals surface area contributed by atoms with E-state index in [9.17, 15) is 22.4 Å². The Labute approximate surface area is 133 Å². The van der Waals surface area contributed by atoms with Crippen molar-refractivity contribution in [2.24, 2.45) is 0 Å². The van der Waals surface area contributed by atoms with Crippen LogP contribution in [0.2, 0.25) is 5.15 Å². The Morgan fingerprint density at radius 1 is 1.52 bits per heavy atom. The topological polar surface area (TPSA) is 52.0 Å². The standard InChI is InChI=1S/C13H11ClF4N4O/c1-21(11(23)2-3-13(16,17)18)10-7-22(20-12(10)14)9-4-8(15)5-19-6-9/h4,6-7H,1-3,5H2. The summed E-state index contributed by atoms with van der Waals surface area (Å²) >= 11 is 5.87. The van der Waals surface area contributed by atoms with Crippen molar-refractivity contribution in [3.05, 3.63) is 34.8 Å². The van der Waals surface area contributed by atoms with Crippen molar-refractivity contribution < 1.29 is 26.9 Å². The van der Waals surface area contributed by atoms with E-state index in [4.69, 9.17) is 11.6 Å². The van der Waals surface area contributed by atoms with Gasteiger partial charge in [-0.3, -0.25) is 0 Å². The zero-order valence-electron chi connectivity index (χ0n) is 11.6. The molecule has 23 heavy (non-hydrogen) atoms. The first-order valence-corrected chi connectivity index (χ1v) is 6.74. The highest BCUT2D eigenvalue weighted by Gasteiger charge is 2.32. The van der Waals surface area contributed by atoms with Crippen LogP contribution in [-0.2, 0) is 4.79 Å². The van der Waals surface area contributed by atoms with Crippen LogP contribution in [0.25, 0.3) is 11.0 Å². The van der Waals surface area contributed by atoms with Crippen LogP contribution in [0, 0.1) is 0 Å². The summed E-state index contributed by atoms with van der Waals surface area (Å²) in [4.78, 5) is 11.7. The Balaban J connectivity index is 2.16. The van der Waals surface area contributed by atoms with E-state index in [1.807, 2.05) is 0 Å². The van der Waals surface area contributed by atoms with Crippen molar-refractivity contribution in [3.8, 4) is 0 Å². The summed E-state index contributed by atoms with van der Waals surface area (Å²) in [5, 5.41) is 7.48. The lowest BCUT2D eigenvalue weighted by Crippen LogP contribution is -2.18. The number of allylic oxidation sites excluding steroid dienone is 2. The average molecular weight is 351 g/mol. The first-order valence-electron chi connectivity index (χ1n) is 6.36. The molecule has 5 nitrogen and oxygen atoms in total. The van der Waals surface area contributed by atoms with Gasteiger partial charge < -0.3 is 5.32 Å². The molecule has 0 aliphatic carbocycles. The second kappa shape index (κ2) is 6.53. The van der Waals surface area contributed by atoms with E-state index in [0.717, 1.165) is 9.26 Å². The van der Waals surface area contributed by atoms with Gasteiger partial charge in [0.1, 0.15) is 12.9 Å². The van der Waals surface area contributed by atoms with Crippen LogP contribution in [0.1, 0.15) is 12.8 Å². The third-order valence-electron chi connectivity index (χ3n) is 2.90. The van der Waals surface area contributed by atoms with Crippen LogP contribution < -0.4 is 0 Å². The van der Waals surface area contributed by atoms with E-state index in [1.54, 1.807) is 0 Å². The summed E-state index contributed by atoms with van der Waals surface area (Å²) in [5.41, 5.74) is 0.275. The summed E-state index contributed by atoms with van der Waals surface area (Å²) in [6.07, 6.45) is -2.67. The monoisotopic (exact) mass is 350 g/mol. The molecule has 1 aliphatic heterocycles. The maximum Gasteiger partial charge on any atom is 0.392 e. The molecule has 0 atom stereocenters. The Morgan fingerprint density at radius 3 is 2.83 bits per heavy atom. The number of hydrogen-bond acceptors (Lipinski definition) is 2. The first kappa shape index (κ1) is 17.2. The lowest BCUT2D eigenvalue weighted by molar-refractivity contribution is -0.360. The molecule has 2 rings (SSSR count). The van der Waals surface area contributed by atoms with Crippen molar-refractivity contribution in [1.29, 1.82) is 0 Å². The SMILES string of the molecule is C=[N+](C(=O)CCC(F)(F)F)c1cn(C2=C[N-]CC(F)=C2)nc1Cl. The van der Waals surface area contributed by atoms with Crippen molar-refractivity contribution >= 4 is 35.6 Å². The molecule has 1 aromatic heterocycles. The van der Waals surface area contributed by atoms with Crippen molar-refractivity contribution in [2.75, 3.05) is 6.54 Å². The number of amides is 1. The molecule has 0 saturated heterocycles. The summed E-state index contributed by atoms with van der Waals surface area (Å²) < 4.78 is 51.5. The van der Waals surface area contributed by atoms with E-state index in [-0.39, 0.29) is 23.1 Å². The fraction of sp³-hybridized carbons (Fsp3) is 0.308. The Morgan fingerprint density at radius 2 is 2.22 bits per heavy atom. The van der Waals surface area contributed by atoms with Crippen LogP contribution in [0.5, 0.6) is 0 Å². The van der Waals surface area contributed by atoms with Crippen LogP contribution in [0.4, 0.5) is 23.2 Å². The fourth-order valence-corrected chi connectivity index (χ4v) is 2.00. The number of rotatable bonds is 4. The molecule has 0 aromatic carbocycles. The van der Waals surface area contributed by atoms with E-state index >= 15 is 0 Å². The molecular formula is C13H11ClF4N4O. The molecule has 1 aliphatic rings. The van der Waals surface area contributed by atoms with E-state index < -0.39 is 30.8 Å². The molecule has 0 unspecified atom stereocenters. The highest BCUT2D eigenvalue weighted by molar-refractivity contribution is 6.31. The third kappa shape index (κ3) is 4.41. The number of alkyl halides is 3. The smallest absolute Gasteiger partial charge is 0.392 e. The predicted molar refractivity (Wildman–Crippen MR) is 76.3 cm³/mol. The maximum atomic E-state index is 13.2. The molecular weight excluding hydrogens is 340 g/mol. The molecule has 0 N–H and O–H groups in total. The van der Waals surface area contributed by atoms with Gasteiger partial charge in [-0.05, 0) is 6.08 Å². The summed E-state index contributed by atoms with van der Waals surface area (Å²) in [7, 11) is 0. The zero-order valence-corrected chi connectivity index (χ0v) is 12.4. The minimum atomic E-state index is -4.44. The third-order valence-corrected chi connectivity index (χ3v) is 3.17. The van der Waals surface area contributed by atoms with Crippen LogP contribution >= 0.6 is 11.6 Å². The van der Waals surface area contributed by atoms with Crippen molar-refractivity contribution in [1.82, 2.24) is 9.78 Å². The molecule has 2 heterocycles. The summed E-state index contributed by atoms with van der Waals surface area (Å²) in [5.74, 6) is -1.35. The van der Waals surface area contributed by atoms with Crippen molar-refractivity contribution in [3.63, 3.8) is 0 Å². The quantitative estimate of drug-likeness (QED) is 0.471. The normalized spacial score (nSPS) is 14.8. The van der Waals surface area contributed by atoms with Gasteiger partial charge in [0.2, 0.25) is 5.15 Å². The highest BCUT2D eigenvalue weighted by atomic mass is 35.5. The number of aromatic nitrogens is 2. The molecule has 0 radical (unpaired) electrons. The lowest BCUT2D eigenvalue weighted by atomic mass is 10.3. The second-order valence-electron chi connectivity index (χ2n) is 4.67. The number of carbonyl (C=O) groups excluding carboxylic acids is 1. The number of nitrogens with zero attached hydrogens (tertiary/aromatic N) is 4. The predicted octanol–water partition coefficient (Wildman–Crippen LogP) is 3.79. The minimum absolute atomic E-state index is 0.0131. The molecule has 0 fully saturated rings. The zero-order chi connectivity index (χ0) is 17.2. The van der Waals surface area contributed by atoms with Crippen LogP contribution in [0.15, 0.2) is 24.3 Å². The number of hydrogen-bond donors (Lipinski definition) is 0. The molecule has 1 amide bonds. The first-order chi connectivity index (χ1) is 10.7. The number of halogens is 5. The molecule has 0 saturated carbocycles. The van der Waals surface area contributed by atoms with Gasteiger partial charge in [0, 0.05) is 5.70 Å². The Bertz CT molecular complexity index is 705. The number of carbonyl (C=O) groups is 1. The second-order valence-corrected chi connectivity index (χ2v) is 5.03. The Kier molecular flexibility index (Phi) is 4.88. The van der Waals surface area contributed by atoms with E-state index in [0.29, 0.717) is 0 Å². The molecule has 0 spiro atoms. The average Bonchev–Trinajstić information content (AvgIpc) is 2.85. The molecule has 10 heteroatoms. The highest BCUT2D eigenvalue weighted by Crippen LogP contribution is 2.28. The van der Waals surface area contributed by atoms with Crippen LogP contribution in [0.3, 0.4) is 0 Å². The molecule has 1 aromatic rings. The summed E-state index contributed by atoms with van der Waals surface area (Å²) in [6.45, 7) is 3.31. The molecule has 124 valence electrons. The van der Waals surface area contributed by atoms with Gasteiger partial charge in [0.25, 0.3) is 5.69 Å². The Hall–Kier alpha value is -2.16. The lowest BCUT2D eigenvalue weighted by Gasteiger charge is -2.20.